The maximum atomic E-state index is 9.53. The first-order valence-corrected chi connectivity index (χ1v) is 8.01. The third-order valence-corrected chi connectivity index (χ3v) is 1.49. The average molecular weight is 360 g/mol. The van der Waals surface area contributed by atoms with Crippen LogP contribution in [0.5, 0.6) is 0 Å². The predicted octanol–water partition coefficient (Wildman–Crippen LogP) is 2.37. The smallest absolute Gasteiger partial charge is 0.852 e. The van der Waals surface area contributed by atoms with Crippen molar-refractivity contribution in [2.24, 2.45) is 5.41 Å². The monoisotopic (exact) mass is 360 g/mol. The van der Waals surface area contributed by atoms with Gasteiger partial charge in [-0.05, 0) is 5.41 Å². The molecule has 0 saturated carbocycles. The van der Waals surface area contributed by atoms with Crippen LogP contribution < -0.4 is 15.3 Å². The van der Waals surface area contributed by atoms with Crippen molar-refractivity contribution in [3.8, 4) is 0 Å². The van der Waals surface area contributed by atoms with Crippen molar-refractivity contribution in [3.05, 3.63) is 23.8 Å². The third-order valence-electron chi connectivity index (χ3n) is 1.49. The fourth-order valence-corrected chi connectivity index (χ4v) is 1.14. The molecule has 0 spiro atoms. The van der Waals surface area contributed by atoms with Gasteiger partial charge in [-0.25, -0.2) is 11.6 Å². The maximum absolute atomic E-state index is 9.53. The molecule has 0 aromatic heterocycles. The topological polar surface area (TPSA) is 69.2 Å². The van der Waals surface area contributed by atoms with E-state index < -0.39 is 18.3 Å². The van der Waals surface area contributed by atoms with Gasteiger partial charge in [0, 0.05) is 0 Å². The van der Waals surface area contributed by atoms with E-state index in [4.69, 9.17) is 0 Å². The average Bonchev–Trinajstić information content (AvgIpc) is 2.63. The van der Waals surface area contributed by atoms with Gasteiger partial charge in [0.2, 0.25) is 0 Å². The van der Waals surface area contributed by atoms with Crippen LogP contribution in [0.3, 0.4) is 0 Å². The molecule has 134 valence electrons. The number of rotatable bonds is 1. The molecule has 4 heteroatoms. The zero-order chi connectivity index (χ0) is 18.3. The minimum absolute atomic E-state index is 0. The summed E-state index contributed by atoms with van der Waals surface area (Å²) in [4.78, 5) is 0. The van der Waals surface area contributed by atoms with Gasteiger partial charge in [-0.3, -0.25) is 6.08 Å². The van der Waals surface area contributed by atoms with Crippen LogP contribution in [0.4, 0.5) is 0 Å². The minimum Gasteiger partial charge on any atom is -0.852 e. The Balaban J connectivity index is -0.000000118. The summed E-state index contributed by atoms with van der Waals surface area (Å²) in [6.45, 7) is 16.4. The van der Waals surface area contributed by atoms with E-state index in [1.54, 1.807) is 41.5 Å². The first kappa shape index (κ1) is 30.9. The number of hydrogen-bond donors (Lipinski definition) is 0. The Morgan fingerprint density at radius 2 is 1.22 bits per heavy atom. The maximum Gasteiger partial charge on any atom is 4.00 e. The van der Waals surface area contributed by atoms with Crippen LogP contribution in [0.15, 0.2) is 17.7 Å². The summed E-state index contributed by atoms with van der Waals surface area (Å²) in [5.74, 6) is 0. The van der Waals surface area contributed by atoms with Gasteiger partial charge in [-0.1, -0.05) is 68.7 Å². The standard InChI is InChI=1S/C10H15.3C3H7O.Ti/c1-10(2,3)8-9-6-4-5-7-9;3*1-3(2)4;/h4,6H,5,8H2,1-3H3;3*3H,1-2H3;/q4*-1;+4. The van der Waals surface area contributed by atoms with E-state index in [-0.39, 0.29) is 21.7 Å². The molecule has 0 aromatic carbocycles. The number of hydrogen-bond acceptors (Lipinski definition) is 3. The summed E-state index contributed by atoms with van der Waals surface area (Å²) in [7, 11) is 0. The second kappa shape index (κ2) is 18.4. The minimum atomic E-state index is -0.417. The van der Waals surface area contributed by atoms with Crippen molar-refractivity contribution < 1.29 is 37.0 Å². The van der Waals surface area contributed by atoms with Crippen LogP contribution in [0.1, 0.15) is 75.2 Å². The summed E-state index contributed by atoms with van der Waals surface area (Å²) < 4.78 is 0. The van der Waals surface area contributed by atoms with E-state index in [9.17, 15) is 15.3 Å². The first-order valence-electron chi connectivity index (χ1n) is 8.01. The molecule has 0 atom stereocenters. The van der Waals surface area contributed by atoms with Crippen LogP contribution in [0, 0.1) is 11.5 Å². The van der Waals surface area contributed by atoms with Crippen molar-refractivity contribution in [2.45, 2.75) is 93.5 Å². The van der Waals surface area contributed by atoms with Gasteiger partial charge < -0.3 is 15.3 Å². The molecule has 0 saturated heterocycles. The Morgan fingerprint density at radius 1 is 0.913 bits per heavy atom. The molecule has 0 unspecified atom stereocenters. The van der Waals surface area contributed by atoms with Gasteiger partial charge in [0.15, 0.2) is 0 Å². The Morgan fingerprint density at radius 3 is 1.39 bits per heavy atom. The predicted molar refractivity (Wildman–Crippen MR) is 90.0 cm³/mol. The summed E-state index contributed by atoms with van der Waals surface area (Å²) >= 11 is 0. The van der Waals surface area contributed by atoms with E-state index in [2.05, 4.69) is 39.0 Å². The van der Waals surface area contributed by atoms with Gasteiger partial charge in [0.25, 0.3) is 0 Å². The van der Waals surface area contributed by atoms with Crippen molar-refractivity contribution in [3.63, 3.8) is 0 Å². The molecule has 0 bridgehead atoms. The van der Waals surface area contributed by atoms with Gasteiger partial charge >= 0.3 is 21.7 Å². The summed E-state index contributed by atoms with van der Waals surface area (Å²) in [5.41, 5.74) is 1.80. The van der Waals surface area contributed by atoms with Crippen molar-refractivity contribution in [1.29, 1.82) is 0 Å². The zero-order valence-corrected chi connectivity index (χ0v) is 18.1. The fourth-order valence-electron chi connectivity index (χ4n) is 1.14. The van der Waals surface area contributed by atoms with Gasteiger partial charge in [-0.15, -0.1) is 24.7 Å². The van der Waals surface area contributed by atoms with E-state index in [0.717, 1.165) is 12.8 Å². The second-order valence-corrected chi connectivity index (χ2v) is 7.19. The SMILES string of the molecule is CC(C)(C)CC1=[C-]CC=C1.CC(C)[O-].CC(C)[O-].CC(C)[O-].[Ti+4]. The van der Waals surface area contributed by atoms with Crippen molar-refractivity contribution >= 4 is 0 Å². The Hall–Kier alpha value is 0.0743. The Kier molecular flexibility index (Phi) is 24.7. The van der Waals surface area contributed by atoms with Crippen LogP contribution in [-0.2, 0) is 21.7 Å². The van der Waals surface area contributed by atoms with Crippen LogP contribution in [-0.4, -0.2) is 18.3 Å². The van der Waals surface area contributed by atoms with Gasteiger partial charge in [0.05, 0.1) is 0 Å². The van der Waals surface area contributed by atoms with Crippen molar-refractivity contribution in [1.82, 2.24) is 0 Å². The molecule has 1 aliphatic carbocycles. The molecule has 23 heavy (non-hydrogen) atoms. The third kappa shape index (κ3) is 61.0. The largest absolute Gasteiger partial charge is 4.00 e. The molecular formula is C19H36O3Ti. The van der Waals surface area contributed by atoms with Gasteiger partial charge in [0.1, 0.15) is 0 Å². The molecule has 1 rings (SSSR count). The Bertz CT molecular complexity index is 265. The van der Waals surface area contributed by atoms with E-state index >= 15 is 0 Å². The molecule has 0 aromatic rings. The van der Waals surface area contributed by atoms with Crippen LogP contribution >= 0.6 is 0 Å². The molecule has 0 amide bonds. The molecule has 0 N–H and O–H groups in total. The molecule has 0 fully saturated rings. The number of allylic oxidation sites excluding steroid dienone is 4. The van der Waals surface area contributed by atoms with Gasteiger partial charge in [-0.2, -0.15) is 6.08 Å². The van der Waals surface area contributed by atoms with Crippen molar-refractivity contribution in [2.75, 3.05) is 0 Å². The molecule has 0 aliphatic heterocycles. The Labute approximate surface area is 159 Å². The fraction of sp³-hybridized carbons (Fsp3) is 0.789. The summed E-state index contributed by atoms with van der Waals surface area (Å²) in [6, 6.07) is 0. The zero-order valence-electron chi connectivity index (χ0n) is 16.5. The normalized spacial score (nSPS) is 12.4. The quantitative estimate of drug-likeness (QED) is 0.533. The first-order chi connectivity index (χ1) is 9.77. The van der Waals surface area contributed by atoms with E-state index in [1.807, 2.05) is 0 Å². The molecular weight excluding hydrogens is 324 g/mol. The second-order valence-electron chi connectivity index (χ2n) is 7.19. The van der Waals surface area contributed by atoms with E-state index in [0.29, 0.717) is 5.41 Å². The van der Waals surface area contributed by atoms with Crippen LogP contribution in [0.25, 0.3) is 0 Å². The van der Waals surface area contributed by atoms with Crippen LogP contribution in [0.2, 0.25) is 0 Å². The molecule has 0 heterocycles. The molecule has 0 radical (unpaired) electrons. The molecule has 1 aliphatic rings. The van der Waals surface area contributed by atoms with E-state index in [1.165, 1.54) is 5.57 Å². The molecule has 3 nitrogen and oxygen atoms in total. The summed E-state index contributed by atoms with van der Waals surface area (Å²) in [6.07, 6.45) is 8.60. The summed E-state index contributed by atoms with van der Waals surface area (Å²) in [5, 5.41) is 28.6.